The predicted molar refractivity (Wildman–Crippen MR) is 111 cm³/mol. The number of azo groups is 1. The van der Waals surface area contributed by atoms with Crippen molar-refractivity contribution in [2.45, 2.75) is 20.5 Å². The Morgan fingerprint density at radius 3 is 2.38 bits per heavy atom. The Morgan fingerprint density at radius 1 is 1.03 bits per heavy atom. The minimum atomic E-state index is -1.05. The van der Waals surface area contributed by atoms with Crippen molar-refractivity contribution >= 4 is 34.1 Å². The molecule has 2 amide bonds. The van der Waals surface area contributed by atoms with E-state index >= 15 is 0 Å². The summed E-state index contributed by atoms with van der Waals surface area (Å²) >= 11 is 0. The molecule has 0 spiro atoms. The molecule has 0 aliphatic carbocycles. The summed E-state index contributed by atoms with van der Waals surface area (Å²) in [6.45, 7) is 6.18. The van der Waals surface area contributed by atoms with E-state index in [1.54, 1.807) is 41.0 Å². The van der Waals surface area contributed by atoms with E-state index in [1.807, 2.05) is 32.0 Å². The van der Waals surface area contributed by atoms with Gasteiger partial charge in [0.25, 0.3) is 0 Å². The van der Waals surface area contributed by atoms with Gasteiger partial charge in [-0.15, -0.1) is 10.2 Å². The zero-order valence-corrected chi connectivity index (χ0v) is 16.4. The second kappa shape index (κ2) is 9.11. The second-order valence-corrected chi connectivity index (χ2v) is 6.39. The Balaban J connectivity index is 1.86. The van der Waals surface area contributed by atoms with Crippen molar-refractivity contribution < 1.29 is 14.7 Å². The van der Waals surface area contributed by atoms with Gasteiger partial charge in [0, 0.05) is 11.1 Å². The Hall–Kier alpha value is -3.52. The number of rotatable bonds is 6. The fourth-order valence-corrected chi connectivity index (χ4v) is 2.98. The first-order valence-electron chi connectivity index (χ1n) is 9.39. The van der Waals surface area contributed by atoms with Gasteiger partial charge in [0.15, 0.2) is 5.69 Å². The monoisotopic (exact) mass is 393 g/mol. The van der Waals surface area contributed by atoms with Crippen LogP contribution >= 0.6 is 0 Å². The molecule has 1 aromatic heterocycles. The first-order chi connectivity index (χ1) is 14.0. The topological polar surface area (TPSA) is 99.3 Å². The summed E-state index contributed by atoms with van der Waals surface area (Å²) in [5, 5.41) is 21.2. The van der Waals surface area contributed by atoms with E-state index in [4.69, 9.17) is 0 Å². The van der Waals surface area contributed by atoms with Gasteiger partial charge in [-0.3, -0.25) is 19.1 Å². The van der Waals surface area contributed by atoms with Crippen LogP contribution in [-0.4, -0.2) is 39.5 Å². The van der Waals surface area contributed by atoms with E-state index < -0.39 is 11.8 Å². The highest BCUT2D eigenvalue weighted by Crippen LogP contribution is 2.38. The summed E-state index contributed by atoms with van der Waals surface area (Å²) < 4.78 is 1.71. The van der Waals surface area contributed by atoms with Crippen LogP contribution in [0.3, 0.4) is 0 Å². The first-order valence-corrected chi connectivity index (χ1v) is 9.39. The first kappa shape index (κ1) is 20.2. The van der Waals surface area contributed by atoms with Gasteiger partial charge >= 0.3 is 11.8 Å². The summed E-state index contributed by atoms with van der Waals surface area (Å²) in [4.78, 5) is 26.2. The molecule has 2 aromatic carbocycles. The lowest BCUT2D eigenvalue weighted by atomic mass is 10.2. The predicted octanol–water partition coefficient (Wildman–Crippen LogP) is 3.90. The van der Waals surface area contributed by atoms with E-state index in [1.165, 1.54) is 0 Å². The maximum Gasteiger partial charge on any atom is 0.353 e. The Morgan fingerprint density at radius 2 is 1.69 bits per heavy atom. The van der Waals surface area contributed by atoms with Crippen molar-refractivity contribution in [1.82, 2.24) is 9.47 Å². The lowest BCUT2D eigenvalue weighted by Gasteiger charge is -2.19. The number of aromatic hydroxyl groups is 1. The average molecular weight is 393 g/mol. The molecule has 8 nitrogen and oxygen atoms in total. The second-order valence-electron chi connectivity index (χ2n) is 6.39. The molecule has 0 fully saturated rings. The minimum absolute atomic E-state index is 0.0990. The molecule has 0 unspecified atom stereocenters. The van der Waals surface area contributed by atoms with E-state index in [-0.39, 0.29) is 11.6 Å². The highest BCUT2D eigenvalue weighted by Gasteiger charge is 2.19. The van der Waals surface area contributed by atoms with Crippen LogP contribution in [0.2, 0.25) is 0 Å². The number of nitrogens with zero attached hydrogens (tertiary/aromatic N) is 4. The lowest BCUT2D eigenvalue weighted by molar-refractivity contribution is -0.134. The summed E-state index contributed by atoms with van der Waals surface area (Å²) in [6.07, 6.45) is 0. The molecule has 8 heteroatoms. The molecular weight excluding hydrogens is 370 g/mol. The number of hydrogen-bond acceptors (Lipinski definition) is 5. The van der Waals surface area contributed by atoms with Gasteiger partial charge < -0.3 is 10.4 Å². The van der Waals surface area contributed by atoms with Gasteiger partial charge in [-0.25, -0.2) is 0 Å². The van der Waals surface area contributed by atoms with Gasteiger partial charge in [-0.1, -0.05) is 50.2 Å². The average Bonchev–Trinajstić information content (AvgIpc) is 3.01. The van der Waals surface area contributed by atoms with Crippen molar-refractivity contribution in [3.8, 4) is 5.88 Å². The summed E-state index contributed by atoms with van der Waals surface area (Å²) in [6, 6.07) is 15.9. The Kier molecular flexibility index (Phi) is 6.36. The molecule has 0 bridgehead atoms. The summed E-state index contributed by atoms with van der Waals surface area (Å²) in [7, 11) is 0. The molecular formula is C21H23N5O3. The zero-order chi connectivity index (χ0) is 20.8. The van der Waals surface area contributed by atoms with E-state index in [9.17, 15) is 14.7 Å². The maximum atomic E-state index is 12.1. The van der Waals surface area contributed by atoms with Crippen molar-refractivity contribution in [2.24, 2.45) is 10.2 Å². The Bertz CT molecular complexity index is 1040. The van der Waals surface area contributed by atoms with Crippen molar-refractivity contribution in [3.05, 3.63) is 54.6 Å². The van der Waals surface area contributed by atoms with Gasteiger partial charge in [0.2, 0.25) is 5.88 Å². The third-order valence-electron chi connectivity index (χ3n) is 4.62. The summed E-state index contributed by atoms with van der Waals surface area (Å²) in [5.41, 5.74) is 1.42. The largest absolute Gasteiger partial charge is 0.493 e. The molecule has 0 atom stereocenters. The zero-order valence-electron chi connectivity index (χ0n) is 16.4. The van der Waals surface area contributed by atoms with E-state index in [0.29, 0.717) is 17.7 Å². The molecule has 0 saturated carbocycles. The van der Waals surface area contributed by atoms with Gasteiger partial charge in [-0.2, -0.15) is 0 Å². The van der Waals surface area contributed by atoms with Crippen LogP contribution in [0, 0.1) is 0 Å². The molecule has 3 aromatic rings. The number of carbonyl (C=O) groups is 2. The number of aromatic nitrogens is 1. The molecule has 0 radical (unpaired) electrons. The van der Waals surface area contributed by atoms with Crippen LogP contribution in [0.25, 0.3) is 10.9 Å². The third-order valence-corrected chi connectivity index (χ3v) is 4.62. The van der Waals surface area contributed by atoms with Gasteiger partial charge in [-0.05, 0) is 31.3 Å². The smallest absolute Gasteiger partial charge is 0.353 e. The van der Waals surface area contributed by atoms with E-state index in [0.717, 1.165) is 18.6 Å². The number of amides is 2. The SMILES string of the molecule is CCN(CC)Cn1c(O)c(N=NC(=O)C(=O)Nc2ccccc2)c2ccccc21. The number of para-hydroxylation sites is 2. The molecule has 0 aliphatic rings. The molecule has 1 heterocycles. The lowest BCUT2D eigenvalue weighted by Crippen LogP contribution is -2.25. The third kappa shape index (κ3) is 4.49. The van der Waals surface area contributed by atoms with Crippen LogP contribution in [0.15, 0.2) is 64.8 Å². The molecule has 150 valence electrons. The summed E-state index contributed by atoms with van der Waals surface area (Å²) in [5.74, 6) is -2.04. The van der Waals surface area contributed by atoms with Crippen LogP contribution < -0.4 is 5.32 Å². The van der Waals surface area contributed by atoms with Gasteiger partial charge in [0.05, 0.1) is 12.2 Å². The number of nitrogens with one attached hydrogen (secondary N) is 1. The number of benzene rings is 2. The quantitative estimate of drug-likeness (QED) is 0.490. The van der Waals surface area contributed by atoms with Crippen LogP contribution in [0.1, 0.15) is 13.8 Å². The number of hydrogen-bond donors (Lipinski definition) is 2. The molecule has 3 rings (SSSR count). The van der Waals surface area contributed by atoms with Crippen molar-refractivity contribution in [3.63, 3.8) is 0 Å². The van der Waals surface area contributed by atoms with Crippen LogP contribution in [0.5, 0.6) is 5.88 Å². The maximum absolute atomic E-state index is 12.1. The number of fused-ring (bicyclic) bond motifs is 1. The molecule has 0 saturated heterocycles. The standard InChI is InChI=1S/C21H23N5O3/c1-3-25(4-2)14-26-17-13-9-8-12-16(17)18(21(26)29)23-24-20(28)19(27)22-15-10-6-5-7-11-15/h5-13,29H,3-4,14H2,1-2H3,(H,22,27). The highest BCUT2D eigenvalue weighted by molar-refractivity contribution is 6.40. The molecule has 2 N–H and O–H groups in total. The van der Waals surface area contributed by atoms with Crippen LogP contribution in [0.4, 0.5) is 11.4 Å². The van der Waals surface area contributed by atoms with Gasteiger partial charge in [0.1, 0.15) is 0 Å². The van der Waals surface area contributed by atoms with Crippen molar-refractivity contribution in [1.29, 1.82) is 0 Å². The molecule has 29 heavy (non-hydrogen) atoms. The normalized spacial score (nSPS) is 11.4. The number of carbonyl (C=O) groups excluding carboxylic acids is 2. The molecule has 0 aliphatic heterocycles. The number of anilines is 1. The fraction of sp³-hybridized carbons (Fsp3) is 0.238. The van der Waals surface area contributed by atoms with E-state index in [2.05, 4.69) is 20.4 Å². The Labute approximate surface area is 168 Å². The highest BCUT2D eigenvalue weighted by atomic mass is 16.3. The van der Waals surface area contributed by atoms with Crippen molar-refractivity contribution in [2.75, 3.05) is 18.4 Å². The minimum Gasteiger partial charge on any atom is -0.493 e. The fourth-order valence-electron chi connectivity index (χ4n) is 2.98. The van der Waals surface area contributed by atoms with Crippen LogP contribution in [-0.2, 0) is 16.3 Å².